The Balaban J connectivity index is 1.77. The molecule has 1 aromatic heterocycles. The van der Waals surface area contributed by atoms with Crippen LogP contribution in [0, 0.1) is 0 Å². The van der Waals surface area contributed by atoms with E-state index < -0.39 is 29.9 Å². The van der Waals surface area contributed by atoms with Crippen molar-refractivity contribution in [1.82, 2.24) is 0 Å². The molecule has 1 heterocycles. The Morgan fingerprint density at radius 1 is 1.03 bits per heavy atom. The lowest BCUT2D eigenvalue weighted by molar-refractivity contribution is -0.123. The Morgan fingerprint density at radius 2 is 1.69 bits per heavy atom. The minimum atomic E-state index is -1.16. The zero-order valence-corrected chi connectivity index (χ0v) is 19.0. The number of hydrogen-bond acceptors (Lipinski definition) is 8. The minimum absolute atomic E-state index is 0.00204. The fourth-order valence-electron chi connectivity index (χ4n) is 3.51. The summed E-state index contributed by atoms with van der Waals surface area (Å²) >= 11 is 1.35. The van der Waals surface area contributed by atoms with Gasteiger partial charge in [0.1, 0.15) is 5.00 Å². The normalized spacial score (nSPS) is 13.5. The number of hydrogen-bond donors (Lipinski definition) is 1. The second-order valence-electron chi connectivity index (χ2n) is 7.21. The van der Waals surface area contributed by atoms with Gasteiger partial charge >= 0.3 is 17.9 Å². The number of carbonyl (C=O) groups is 4. The minimum Gasteiger partial charge on any atom is -0.465 e. The first-order valence-electron chi connectivity index (χ1n) is 10.4. The fourth-order valence-corrected chi connectivity index (χ4v) is 4.79. The number of rotatable bonds is 7. The summed E-state index contributed by atoms with van der Waals surface area (Å²) in [5, 5.41) is 3.12. The summed E-state index contributed by atoms with van der Waals surface area (Å²) in [6.07, 6.45) is 2.43. The fraction of sp³-hybridized carbons (Fsp3) is 0.391. The molecule has 0 bridgehead atoms. The number of thiophene rings is 1. The predicted octanol–water partition coefficient (Wildman–Crippen LogP) is 3.77. The summed E-state index contributed by atoms with van der Waals surface area (Å²) in [7, 11) is 1.21. The van der Waals surface area contributed by atoms with Gasteiger partial charge in [-0.15, -0.1) is 11.3 Å². The quantitative estimate of drug-likeness (QED) is 0.496. The Bertz CT molecular complexity index is 1040. The molecule has 0 saturated carbocycles. The lowest BCUT2D eigenvalue weighted by atomic mass is 9.95. The molecule has 8 nitrogen and oxygen atoms in total. The summed E-state index contributed by atoms with van der Waals surface area (Å²) in [4.78, 5) is 50.9. The van der Waals surface area contributed by atoms with Crippen LogP contribution in [0.2, 0.25) is 0 Å². The van der Waals surface area contributed by atoms with Gasteiger partial charge in [0.25, 0.3) is 5.91 Å². The first kappa shape index (κ1) is 23.5. The van der Waals surface area contributed by atoms with E-state index in [9.17, 15) is 19.2 Å². The Labute approximate surface area is 189 Å². The first-order valence-corrected chi connectivity index (χ1v) is 11.2. The number of carbonyl (C=O) groups excluding carboxylic acids is 4. The van der Waals surface area contributed by atoms with Crippen LogP contribution < -0.4 is 5.32 Å². The van der Waals surface area contributed by atoms with Crippen LogP contribution in [0.5, 0.6) is 0 Å². The monoisotopic (exact) mass is 459 g/mol. The number of benzene rings is 1. The maximum Gasteiger partial charge on any atom is 0.341 e. The van der Waals surface area contributed by atoms with Crippen LogP contribution in [0.25, 0.3) is 0 Å². The lowest BCUT2D eigenvalue weighted by Crippen LogP contribution is -2.30. The highest BCUT2D eigenvalue weighted by Gasteiger charge is 2.29. The van der Waals surface area contributed by atoms with Crippen LogP contribution in [-0.4, -0.2) is 43.6 Å². The van der Waals surface area contributed by atoms with Crippen LogP contribution in [0.3, 0.4) is 0 Å². The maximum atomic E-state index is 12.8. The van der Waals surface area contributed by atoms with E-state index in [-0.39, 0.29) is 17.7 Å². The van der Waals surface area contributed by atoms with E-state index in [0.29, 0.717) is 10.6 Å². The second-order valence-corrected chi connectivity index (χ2v) is 8.31. The summed E-state index contributed by atoms with van der Waals surface area (Å²) in [6.45, 7) is 3.37. The molecule has 32 heavy (non-hydrogen) atoms. The van der Waals surface area contributed by atoms with Crippen molar-refractivity contribution in [3.8, 4) is 0 Å². The third-order valence-corrected chi connectivity index (χ3v) is 6.30. The number of aryl methyl sites for hydroxylation is 1. The number of nitrogens with one attached hydrogen (secondary N) is 1. The molecule has 1 aliphatic carbocycles. The molecule has 170 valence electrons. The van der Waals surface area contributed by atoms with E-state index in [0.717, 1.165) is 36.1 Å². The van der Waals surface area contributed by atoms with Crippen molar-refractivity contribution in [3.63, 3.8) is 0 Å². The molecule has 2 aromatic rings. The molecule has 0 fully saturated rings. The second kappa shape index (κ2) is 10.4. The van der Waals surface area contributed by atoms with Crippen molar-refractivity contribution in [2.45, 2.75) is 45.6 Å². The average Bonchev–Trinajstić information content (AvgIpc) is 3.16. The zero-order valence-electron chi connectivity index (χ0n) is 18.2. The van der Waals surface area contributed by atoms with E-state index in [2.05, 4.69) is 10.1 Å². The zero-order chi connectivity index (χ0) is 23.3. The highest BCUT2D eigenvalue weighted by atomic mass is 32.1. The van der Waals surface area contributed by atoms with Crippen LogP contribution in [0.1, 0.15) is 68.2 Å². The molecule has 1 amide bonds. The van der Waals surface area contributed by atoms with Crippen molar-refractivity contribution in [2.75, 3.05) is 19.0 Å². The van der Waals surface area contributed by atoms with Crippen LogP contribution in [-0.2, 0) is 31.8 Å². The molecule has 1 aliphatic rings. The van der Waals surface area contributed by atoms with Gasteiger partial charge in [-0.05, 0) is 57.2 Å². The Hall–Kier alpha value is -3.20. The average molecular weight is 460 g/mol. The largest absolute Gasteiger partial charge is 0.465 e. The standard InChI is InChI=1S/C23H25NO7S/c1-4-30-23(28)18-16-11-7-8-12-17(16)32-20(18)24-19(25)13(2)31-22(27)15-10-6-5-9-14(15)21(26)29-3/h5-6,9-10,13H,4,7-8,11-12H2,1-3H3,(H,24,25). The number of amides is 1. The molecular weight excluding hydrogens is 434 g/mol. The van der Waals surface area contributed by atoms with Crippen molar-refractivity contribution >= 4 is 40.2 Å². The molecule has 3 rings (SSSR count). The van der Waals surface area contributed by atoms with Crippen LogP contribution in [0.15, 0.2) is 24.3 Å². The van der Waals surface area contributed by atoms with Gasteiger partial charge < -0.3 is 19.5 Å². The van der Waals surface area contributed by atoms with E-state index in [1.165, 1.54) is 37.5 Å². The lowest BCUT2D eigenvalue weighted by Gasteiger charge is -2.15. The van der Waals surface area contributed by atoms with Gasteiger partial charge in [-0.1, -0.05) is 12.1 Å². The SMILES string of the molecule is CCOC(=O)c1c(NC(=O)C(C)OC(=O)c2ccccc2C(=O)OC)sc2c1CCCC2. The third-order valence-electron chi connectivity index (χ3n) is 5.09. The van der Waals surface area contributed by atoms with Crippen molar-refractivity contribution < 1.29 is 33.4 Å². The highest BCUT2D eigenvalue weighted by Crippen LogP contribution is 2.38. The number of anilines is 1. The van der Waals surface area contributed by atoms with Crippen molar-refractivity contribution in [3.05, 3.63) is 51.4 Å². The molecule has 0 saturated heterocycles. The maximum absolute atomic E-state index is 12.8. The molecular formula is C23H25NO7S. The number of fused-ring (bicyclic) bond motifs is 1. The summed E-state index contributed by atoms with van der Waals surface area (Å²) in [5.74, 6) is -2.57. The van der Waals surface area contributed by atoms with Gasteiger partial charge in [0.05, 0.1) is 30.4 Å². The van der Waals surface area contributed by atoms with Gasteiger partial charge in [0.2, 0.25) is 0 Å². The molecule has 0 aliphatic heterocycles. The summed E-state index contributed by atoms with van der Waals surface area (Å²) in [5.41, 5.74) is 1.35. The Kier molecular flexibility index (Phi) is 7.63. The van der Waals surface area contributed by atoms with Crippen molar-refractivity contribution in [1.29, 1.82) is 0 Å². The molecule has 1 aromatic carbocycles. The van der Waals surface area contributed by atoms with Crippen LogP contribution >= 0.6 is 11.3 Å². The van der Waals surface area contributed by atoms with E-state index in [4.69, 9.17) is 9.47 Å². The molecule has 0 radical (unpaired) electrons. The molecule has 9 heteroatoms. The smallest absolute Gasteiger partial charge is 0.341 e. The number of ether oxygens (including phenoxy) is 3. The van der Waals surface area contributed by atoms with Gasteiger partial charge in [-0.2, -0.15) is 0 Å². The molecule has 1 atom stereocenters. The third kappa shape index (κ3) is 4.99. The van der Waals surface area contributed by atoms with Gasteiger partial charge in [0, 0.05) is 4.88 Å². The van der Waals surface area contributed by atoms with Gasteiger partial charge in [-0.25, -0.2) is 14.4 Å². The van der Waals surface area contributed by atoms with Crippen LogP contribution in [0.4, 0.5) is 5.00 Å². The summed E-state index contributed by atoms with van der Waals surface area (Å²) in [6, 6.07) is 6.03. The number of esters is 3. The number of methoxy groups -OCH3 is 1. The van der Waals surface area contributed by atoms with Gasteiger partial charge in [0.15, 0.2) is 6.10 Å². The van der Waals surface area contributed by atoms with Gasteiger partial charge in [-0.3, -0.25) is 4.79 Å². The molecule has 1 N–H and O–H groups in total. The van der Waals surface area contributed by atoms with Crippen molar-refractivity contribution in [2.24, 2.45) is 0 Å². The van der Waals surface area contributed by atoms with E-state index >= 15 is 0 Å². The van der Waals surface area contributed by atoms with E-state index in [1.54, 1.807) is 19.1 Å². The van der Waals surface area contributed by atoms with E-state index in [1.807, 2.05) is 0 Å². The summed E-state index contributed by atoms with van der Waals surface area (Å²) < 4.78 is 15.2. The highest BCUT2D eigenvalue weighted by molar-refractivity contribution is 7.17. The first-order chi connectivity index (χ1) is 15.4. The molecule has 1 unspecified atom stereocenters. The Morgan fingerprint density at radius 3 is 2.34 bits per heavy atom. The topological polar surface area (TPSA) is 108 Å². The predicted molar refractivity (Wildman–Crippen MR) is 118 cm³/mol. The molecule has 0 spiro atoms.